The molecular formula is C10H21N3. The van der Waals surface area contributed by atoms with Crippen molar-refractivity contribution in [3.8, 4) is 0 Å². The van der Waals surface area contributed by atoms with Crippen molar-refractivity contribution >= 4 is 0 Å². The minimum absolute atomic E-state index is 0.444. The summed E-state index contributed by atoms with van der Waals surface area (Å²) in [7, 11) is 2.21. The zero-order valence-corrected chi connectivity index (χ0v) is 8.58. The van der Waals surface area contributed by atoms with Crippen molar-refractivity contribution in [2.45, 2.75) is 31.3 Å². The summed E-state index contributed by atoms with van der Waals surface area (Å²) < 4.78 is 0. The molecule has 2 fully saturated rings. The molecule has 0 aliphatic carbocycles. The first kappa shape index (κ1) is 9.44. The summed E-state index contributed by atoms with van der Waals surface area (Å²) >= 11 is 0. The number of hydrogen-bond donors (Lipinski definition) is 1. The maximum atomic E-state index is 5.91. The molecule has 0 unspecified atom stereocenters. The Labute approximate surface area is 80.9 Å². The monoisotopic (exact) mass is 183 g/mol. The van der Waals surface area contributed by atoms with Gasteiger partial charge < -0.3 is 10.6 Å². The Morgan fingerprint density at radius 2 is 1.77 bits per heavy atom. The smallest absolute Gasteiger partial charge is 0.0180 e. The second kappa shape index (κ2) is 3.95. The van der Waals surface area contributed by atoms with Crippen molar-refractivity contribution in [2.24, 2.45) is 5.73 Å². The zero-order chi connectivity index (χ0) is 9.26. The first-order chi connectivity index (χ1) is 6.25. The lowest BCUT2D eigenvalue weighted by Gasteiger charge is -2.34. The average Bonchev–Trinajstić information content (AvgIpc) is 2.53. The first-order valence-electron chi connectivity index (χ1n) is 5.44. The second-order valence-corrected chi connectivity index (χ2v) is 4.58. The molecule has 2 saturated heterocycles. The summed E-state index contributed by atoms with van der Waals surface area (Å²) in [6.45, 7) is 4.89. The maximum absolute atomic E-state index is 5.91. The summed E-state index contributed by atoms with van der Waals surface area (Å²) in [4.78, 5) is 5.02. The van der Waals surface area contributed by atoms with Crippen LogP contribution in [0.1, 0.15) is 19.3 Å². The number of rotatable bonds is 1. The van der Waals surface area contributed by atoms with Crippen LogP contribution in [-0.4, -0.2) is 55.1 Å². The summed E-state index contributed by atoms with van der Waals surface area (Å²) in [5, 5.41) is 0. The van der Waals surface area contributed by atoms with Crippen molar-refractivity contribution in [3.05, 3.63) is 0 Å². The summed E-state index contributed by atoms with van der Waals surface area (Å²) in [5.74, 6) is 0. The molecule has 0 spiro atoms. The fourth-order valence-corrected chi connectivity index (χ4v) is 2.51. The van der Waals surface area contributed by atoms with Gasteiger partial charge in [-0.2, -0.15) is 0 Å². The quantitative estimate of drug-likeness (QED) is 0.626. The predicted molar refractivity (Wildman–Crippen MR) is 54.7 cm³/mol. The molecule has 0 radical (unpaired) electrons. The standard InChI is InChI=1S/C10H21N3/c1-12-5-3-10(4-6-12)13-7-2-9(11)8-13/h9-10H,2-8,11H2,1H3/t9-/m0/s1. The fourth-order valence-electron chi connectivity index (χ4n) is 2.51. The lowest BCUT2D eigenvalue weighted by Crippen LogP contribution is -2.43. The topological polar surface area (TPSA) is 32.5 Å². The molecule has 3 nitrogen and oxygen atoms in total. The number of likely N-dealkylation sites (tertiary alicyclic amines) is 2. The second-order valence-electron chi connectivity index (χ2n) is 4.58. The third-order valence-electron chi connectivity index (χ3n) is 3.46. The molecule has 0 aromatic heterocycles. The molecule has 0 bridgehead atoms. The van der Waals surface area contributed by atoms with Gasteiger partial charge in [-0.3, -0.25) is 4.90 Å². The Balaban J connectivity index is 1.81. The van der Waals surface area contributed by atoms with Gasteiger partial charge in [-0.25, -0.2) is 0 Å². The van der Waals surface area contributed by atoms with Crippen LogP contribution < -0.4 is 5.73 Å². The van der Waals surface area contributed by atoms with Gasteiger partial charge in [0.2, 0.25) is 0 Å². The van der Waals surface area contributed by atoms with Crippen LogP contribution in [0.4, 0.5) is 0 Å². The molecule has 13 heavy (non-hydrogen) atoms. The molecule has 2 heterocycles. The van der Waals surface area contributed by atoms with E-state index in [9.17, 15) is 0 Å². The lowest BCUT2D eigenvalue weighted by molar-refractivity contribution is 0.142. The van der Waals surface area contributed by atoms with Crippen LogP contribution in [0.2, 0.25) is 0 Å². The van der Waals surface area contributed by atoms with Crippen molar-refractivity contribution in [1.29, 1.82) is 0 Å². The average molecular weight is 183 g/mol. The van der Waals surface area contributed by atoms with Crippen molar-refractivity contribution < 1.29 is 0 Å². The van der Waals surface area contributed by atoms with Gasteiger partial charge in [0.15, 0.2) is 0 Å². The minimum Gasteiger partial charge on any atom is -0.326 e. The van der Waals surface area contributed by atoms with Crippen molar-refractivity contribution in [1.82, 2.24) is 9.80 Å². The van der Waals surface area contributed by atoms with Crippen LogP contribution in [0.5, 0.6) is 0 Å². The minimum atomic E-state index is 0.444. The Morgan fingerprint density at radius 3 is 2.31 bits per heavy atom. The van der Waals surface area contributed by atoms with Gasteiger partial charge in [0, 0.05) is 25.2 Å². The van der Waals surface area contributed by atoms with E-state index >= 15 is 0 Å². The molecule has 0 aromatic carbocycles. The van der Waals surface area contributed by atoms with Crippen LogP contribution in [0.15, 0.2) is 0 Å². The number of nitrogens with zero attached hydrogens (tertiary/aromatic N) is 2. The highest BCUT2D eigenvalue weighted by molar-refractivity contribution is 4.86. The Bertz CT molecular complexity index is 164. The highest BCUT2D eigenvalue weighted by Gasteiger charge is 2.28. The maximum Gasteiger partial charge on any atom is 0.0180 e. The number of nitrogens with two attached hydrogens (primary N) is 1. The summed E-state index contributed by atoms with van der Waals surface area (Å²) in [6.07, 6.45) is 3.87. The molecule has 76 valence electrons. The molecule has 0 aromatic rings. The van der Waals surface area contributed by atoms with E-state index in [1.54, 1.807) is 0 Å². The van der Waals surface area contributed by atoms with E-state index in [1.165, 1.54) is 38.9 Å². The van der Waals surface area contributed by atoms with Gasteiger partial charge in [0.05, 0.1) is 0 Å². The van der Waals surface area contributed by atoms with E-state index in [1.807, 2.05) is 0 Å². The van der Waals surface area contributed by atoms with Gasteiger partial charge in [-0.05, 0) is 39.4 Å². The van der Waals surface area contributed by atoms with Crippen molar-refractivity contribution in [2.75, 3.05) is 33.2 Å². The SMILES string of the molecule is CN1CCC(N2CC[C@H](N)C2)CC1. The van der Waals surface area contributed by atoms with Crippen LogP contribution in [0.25, 0.3) is 0 Å². The fraction of sp³-hybridized carbons (Fsp3) is 1.00. The van der Waals surface area contributed by atoms with Gasteiger partial charge >= 0.3 is 0 Å². The first-order valence-corrected chi connectivity index (χ1v) is 5.44. The zero-order valence-electron chi connectivity index (χ0n) is 8.58. The third kappa shape index (κ3) is 2.22. The van der Waals surface area contributed by atoms with E-state index in [-0.39, 0.29) is 0 Å². The molecule has 2 aliphatic heterocycles. The summed E-state index contributed by atoms with van der Waals surface area (Å²) in [5.41, 5.74) is 5.91. The summed E-state index contributed by atoms with van der Waals surface area (Å²) in [6, 6.07) is 1.27. The van der Waals surface area contributed by atoms with Crippen LogP contribution >= 0.6 is 0 Å². The number of hydrogen-bond acceptors (Lipinski definition) is 3. The molecule has 1 atom stereocenters. The third-order valence-corrected chi connectivity index (χ3v) is 3.46. The predicted octanol–water partition coefficient (Wildman–Crippen LogP) is 0.114. The van der Waals surface area contributed by atoms with Crippen LogP contribution in [0.3, 0.4) is 0 Å². The highest BCUT2D eigenvalue weighted by Crippen LogP contribution is 2.19. The molecule has 0 amide bonds. The molecule has 3 heteroatoms. The molecule has 2 rings (SSSR count). The molecule has 0 saturated carbocycles. The van der Waals surface area contributed by atoms with Crippen LogP contribution in [0, 0.1) is 0 Å². The van der Waals surface area contributed by atoms with E-state index in [2.05, 4.69) is 16.8 Å². The van der Waals surface area contributed by atoms with Gasteiger partial charge in [0.1, 0.15) is 0 Å². The van der Waals surface area contributed by atoms with Gasteiger partial charge in [-0.1, -0.05) is 0 Å². The van der Waals surface area contributed by atoms with E-state index in [0.29, 0.717) is 6.04 Å². The van der Waals surface area contributed by atoms with Gasteiger partial charge in [0.25, 0.3) is 0 Å². The molecular weight excluding hydrogens is 162 g/mol. The normalized spacial score (nSPS) is 34.2. The van der Waals surface area contributed by atoms with E-state index in [0.717, 1.165) is 12.6 Å². The highest BCUT2D eigenvalue weighted by atomic mass is 15.2. The molecule has 2 aliphatic rings. The van der Waals surface area contributed by atoms with Crippen molar-refractivity contribution in [3.63, 3.8) is 0 Å². The Kier molecular flexibility index (Phi) is 2.86. The van der Waals surface area contributed by atoms with E-state index < -0.39 is 0 Å². The van der Waals surface area contributed by atoms with Crippen LogP contribution in [-0.2, 0) is 0 Å². The Hall–Kier alpha value is -0.120. The Morgan fingerprint density at radius 1 is 1.08 bits per heavy atom. The van der Waals surface area contributed by atoms with Gasteiger partial charge in [-0.15, -0.1) is 0 Å². The molecule has 2 N–H and O–H groups in total. The largest absolute Gasteiger partial charge is 0.326 e. The number of piperidine rings is 1. The van der Waals surface area contributed by atoms with E-state index in [4.69, 9.17) is 5.73 Å². The lowest BCUT2D eigenvalue weighted by atomic mass is 10.0.